The summed E-state index contributed by atoms with van der Waals surface area (Å²) in [6.45, 7) is 1.18. The molecule has 11 heteroatoms. The number of halogens is 2. The average Bonchev–Trinajstić information content (AvgIpc) is 3.28. The summed E-state index contributed by atoms with van der Waals surface area (Å²) >= 11 is 14.6. The van der Waals surface area contributed by atoms with E-state index in [-0.39, 0.29) is 24.5 Å². The van der Waals surface area contributed by atoms with E-state index in [1.54, 1.807) is 11.4 Å². The van der Waals surface area contributed by atoms with Crippen molar-refractivity contribution in [3.05, 3.63) is 20.1 Å². The third kappa shape index (κ3) is 4.96. The Hall–Kier alpha value is -0.710. The summed E-state index contributed by atoms with van der Waals surface area (Å²) in [5, 5.41) is 4.94. The highest BCUT2D eigenvalue weighted by atomic mass is 35.5. The highest BCUT2D eigenvalue weighted by Crippen LogP contribution is 2.38. The van der Waals surface area contributed by atoms with E-state index in [1.165, 1.54) is 27.0 Å². The van der Waals surface area contributed by atoms with Gasteiger partial charge in [0, 0.05) is 30.5 Å². The van der Waals surface area contributed by atoms with E-state index in [9.17, 15) is 13.2 Å². The van der Waals surface area contributed by atoms with Crippen LogP contribution in [0.4, 0.5) is 5.13 Å². The van der Waals surface area contributed by atoms with Gasteiger partial charge in [0.2, 0.25) is 15.9 Å². The molecule has 0 aliphatic carbocycles. The van der Waals surface area contributed by atoms with Crippen molar-refractivity contribution in [2.75, 3.05) is 24.2 Å². The Kier molecular flexibility index (Phi) is 6.58. The lowest BCUT2D eigenvalue weighted by atomic mass is 10.3. The number of hydrogen-bond acceptors (Lipinski definition) is 6. The van der Waals surface area contributed by atoms with Gasteiger partial charge in [-0.3, -0.25) is 4.79 Å². The number of nitrogens with zero attached hydrogens (tertiary/aromatic N) is 2. The Labute approximate surface area is 170 Å². The first kappa shape index (κ1) is 20.0. The van der Waals surface area contributed by atoms with Gasteiger partial charge < -0.3 is 5.32 Å². The second-order valence-electron chi connectivity index (χ2n) is 5.85. The SMILES string of the molecule is O=C(CCCS(=O)(=O)N1CCCC1)Nc1nc(-c2cc(Cl)sc2Cl)cs1. The Morgan fingerprint density at radius 1 is 1.31 bits per heavy atom. The van der Waals surface area contributed by atoms with Gasteiger partial charge >= 0.3 is 0 Å². The predicted octanol–water partition coefficient (Wildman–Crippen LogP) is 4.32. The highest BCUT2D eigenvalue weighted by molar-refractivity contribution is 7.89. The third-order valence-electron chi connectivity index (χ3n) is 3.95. The van der Waals surface area contributed by atoms with Gasteiger partial charge in [0.1, 0.15) is 4.34 Å². The molecule has 0 atom stereocenters. The van der Waals surface area contributed by atoms with Crippen LogP contribution >= 0.6 is 45.9 Å². The molecule has 1 fully saturated rings. The summed E-state index contributed by atoms with van der Waals surface area (Å²) in [7, 11) is -3.25. The van der Waals surface area contributed by atoms with Gasteiger partial charge in [0.05, 0.1) is 15.8 Å². The molecule has 1 aliphatic heterocycles. The Morgan fingerprint density at radius 2 is 2.04 bits per heavy atom. The fourth-order valence-corrected chi connectivity index (χ4v) is 6.45. The summed E-state index contributed by atoms with van der Waals surface area (Å²) in [5.41, 5.74) is 1.38. The van der Waals surface area contributed by atoms with Crippen LogP contribution in [0.3, 0.4) is 0 Å². The largest absolute Gasteiger partial charge is 0.302 e. The quantitative estimate of drug-likeness (QED) is 0.676. The number of amides is 1. The molecule has 0 aromatic carbocycles. The van der Waals surface area contributed by atoms with Crippen LogP contribution in [-0.2, 0) is 14.8 Å². The van der Waals surface area contributed by atoms with Crippen molar-refractivity contribution in [3.63, 3.8) is 0 Å². The van der Waals surface area contributed by atoms with E-state index < -0.39 is 10.0 Å². The number of carbonyl (C=O) groups is 1. The normalized spacial score (nSPS) is 15.5. The van der Waals surface area contributed by atoms with E-state index in [2.05, 4.69) is 10.3 Å². The van der Waals surface area contributed by atoms with Crippen molar-refractivity contribution in [1.82, 2.24) is 9.29 Å². The molecule has 2 aromatic rings. The summed E-state index contributed by atoms with van der Waals surface area (Å²) in [4.78, 5) is 16.4. The second-order valence-corrected chi connectivity index (χ2v) is 11.1. The second kappa shape index (κ2) is 8.53. The molecule has 1 N–H and O–H groups in total. The van der Waals surface area contributed by atoms with Crippen LogP contribution in [-0.4, -0.2) is 42.5 Å². The standard InChI is InChI=1S/C15H17Cl2N3O3S3/c16-12-8-10(14(17)25-12)11-9-24-15(18-11)19-13(21)4-3-7-26(22,23)20-5-1-2-6-20/h8-9H,1-7H2,(H,18,19,21). The number of thiazole rings is 1. The minimum atomic E-state index is -3.25. The molecule has 1 saturated heterocycles. The fourth-order valence-electron chi connectivity index (χ4n) is 2.66. The third-order valence-corrected chi connectivity index (χ3v) is 8.15. The van der Waals surface area contributed by atoms with Crippen molar-refractivity contribution >= 4 is 66.9 Å². The lowest BCUT2D eigenvalue weighted by Crippen LogP contribution is -2.30. The van der Waals surface area contributed by atoms with E-state index in [0.29, 0.717) is 32.6 Å². The van der Waals surface area contributed by atoms with Crippen molar-refractivity contribution in [3.8, 4) is 11.3 Å². The van der Waals surface area contributed by atoms with Crippen LogP contribution in [0.2, 0.25) is 8.67 Å². The van der Waals surface area contributed by atoms with E-state index in [1.807, 2.05) is 0 Å². The number of thiophene rings is 1. The number of rotatable bonds is 7. The first-order valence-electron chi connectivity index (χ1n) is 8.03. The molecule has 3 heterocycles. The maximum absolute atomic E-state index is 12.1. The Bertz CT molecular complexity index is 889. The molecule has 26 heavy (non-hydrogen) atoms. The van der Waals surface area contributed by atoms with Gasteiger partial charge in [-0.15, -0.1) is 22.7 Å². The molecule has 0 unspecified atom stereocenters. The van der Waals surface area contributed by atoms with Crippen molar-refractivity contribution in [2.24, 2.45) is 0 Å². The van der Waals surface area contributed by atoms with Gasteiger partial charge in [-0.2, -0.15) is 0 Å². The first-order chi connectivity index (χ1) is 12.3. The minimum Gasteiger partial charge on any atom is -0.302 e. The van der Waals surface area contributed by atoms with Crippen LogP contribution in [0.5, 0.6) is 0 Å². The van der Waals surface area contributed by atoms with Gasteiger partial charge in [-0.1, -0.05) is 23.2 Å². The van der Waals surface area contributed by atoms with E-state index >= 15 is 0 Å². The maximum atomic E-state index is 12.1. The lowest BCUT2D eigenvalue weighted by molar-refractivity contribution is -0.116. The van der Waals surface area contributed by atoms with Crippen LogP contribution in [0.1, 0.15) is 25.7 Å². The van der Waals surface area contributed by atoms with E-state index in [4.69, 9.17) is 23.2 Å². The van der Waals surface area contributed by atoms with Gasteiger partial charge in [-0.25, -0.2) is 17.7 Å². The van der Waals surface area contributed by atoms with Gasteiger partial charge in [-0.05, 0) is 25.3 Å². The number of carbonyl (C=O) groups excluding carboxylic acids is 1. The summed E-state index contributed by atoms with van der Waals surface area (Å²) in [6, 6.07) is 1.73. The molecule has 0 radical (unpaired) electrons. The van der Waals surface area contributed by atoms with Crippen molar-refractivity contribution in [1.29, 1.82) is 0 Å². The molecular formula is C15H17Cl2N3O3S3. The predicted molar refractivity (Wildman–Crippen MR) is 108 cm³/mol. The topological polar surface area (TPSA) is 79.4 Å². The van der Waals surface area contributed by atoms with Crippen LogP contribution in [0.25, 0.3) is 11.3 Å². The molecule has 6 nitrogen and oxygen atoms in total. The zero-order valence-electron chi connectivity index (χ0n) is 13.7. The monoisotopic (exact) mass is 453 g/mol. The number of hydrogen-bond donors (Lipinski definition) is 1. The van der Waals surface area contributed by atoms with Crippen molar-refractivity contribution < 1.29 is 13.2 Å². The van der Waals surface area contributed by atoms with E-state index in [0.717, 1.165) is 18.4 Å². The number of sulfonamides is 1. The Balaban J connectivity index is 1.50. The molecule has 0 saturated carbocycles. The average molecular weight is 454 g/mol. The van der Waals surface area contributed by atoms with Gasteiger partial charge in [0.25, 0.3) is 0 Å². The highest BCUT2D eigenvalue weighted by Gasteiger charge is 2.25. The number of anilines is 1. The molecule has 3 rings (SSSR count). The summed E-state index contributed by atoms with van der Waals surface area (Å²) in [6.07, 6.45) is 2.23. The molecule has 1 amide bonds. The minimum absolute atomic E-state index is 0.00739. The van der Waals surface area contributed by atoms with Crippen molar-refractivity contribution in [2.45, 2.75) is 25.7 Å². The molecule has 142 valence electrons. The molecule has 1 aliphatic rings. The smallest absolute Gasteiger partial charge is 0.226 e. The number of aromatic nitrogens is 1. The fraction of sp³-hybridized carbons (Fsp3) is 0.467. The summed E-state index contributed by atoms with van der Waals surface area (Å²) in [5.74, 6) is -0.260. The number of nitrogens with one attached hydrogen (secondary N) is 1. The van der Waals surface area contributed by atoms with Crippen LogP contribution in [0.15, 0.2) is 11.4 Å². The van der Waals surface area contributed by atoms with Crippen LogP contribution < -0.4 is 5.32 Å². The Morgan fingerprint density at radius 3 is 2.69 bits per heavy atom. The molecule has 0 spiro atoms. The van der Waals surface area contributed by atoms with Gasteiger partial charge in [0.15, 0.2) is 5.13 Å². The first-order valence-corrected chi connectivity index (χ1v) is 12.1. The molecular weight excluding hydrogens is 437 g/mol. The molecule has 2 aromatic heterocycles. The molecule has 0 bridgehead atoms. The maximum Gasteiger partial charge on any atom is 0.226 e. The van der Waals surface area contributed by atoms with Crippen LogP contribution in [0, 0.1) is 0 Å². The lowest BCUT2D eigenvalue weighted by Gasteiger charge is -2.14. The zero-order chi connectivity index (χ0) is 18.7. The summed E-state index contributed by atoms with van der Waals surface area (Å²) < 4.78 is 26.9. The zero-order valence-corrected chi connectivity index (χ0v) is 17.7.